The molecule has 17 nitrogen and oxygen atoms in total. The smallest absolute Gasteiger partial charge is 0.748 e. The van der Waals surface area contributed by atoms with E-state index in [4.69, 9.17) is 37.3 Å². The summed E-state index contributed by atoms with van der Waals surface area (Å²) in [5.41, 5.74) is -4.55. The molecule has 0 bridgehead atoms. The summed E-state index contributed by atoms with van der Waals surface area (Å²) < 4.78 is 161. The van der Waals surface area contributed by atoms with Crippen LogP contribution in [0.5, 0.6) is 0 Å². The van der Waals surface area contributed by atoms with Crippen molar-refractivity contribution >= 4 is 30.6 Å². The van der Waals surface area contributed by atoms with Gasteiger partial charge in [-0.25, -0.2) is 25.3 Å². The molecule has 0 saturated carbocycles. The van der Waals surface area contributed by atoms with Crippen LogP contribution in [-0.4, -0.2) is 150 Å². The van der Waals surface area contributed by atoms with Crippen LogP contribution in [0.2, 0.25) is 0 Å². The molecule has 0 heterocycles. The van der Waals surface area contributed by atoms with Crippen LogP contribution in [0.25, 0.3) is 0 Å². The molecule has 0 atom stereocenters. The second kappa shape index (κ2) is 56.0. The quantitative estimate of drug-likeness (QED) is 0.0367. The summed E-state index contributed by atoms with van der Waals surface area (Å²) in [5.74, 6) is -1.75. The SMILES string of the molecule is CCCCCCCCOCC(COCC(COCCCCCCCC)(COCCCCCCCC)CS(=O)(=O)[O-])(COCC(COCCCCCCCC)(COCCCCCCCC)CS(=O)(=O)[O-])COS(=O)(=O)[O-].[Na+].[Na+].[Na+]. The van der Waals surface area contributed by atoms with E-state index >= 15 is 0 Å². The van der Waals surface area contributed by atoms with Crippen LogP contribution >= 0.6 is 0 Å². The van der Waals surface area contributed by atoms with Crippen molar-refractivity contribution in [1.29, 1.82) is 0 Å². The molecular formula is C55H109Na3O17S3. The van der Waals surface area contributed by atoms with Gasteiger partial charge in [0.05, 0.1) is 114 Å². The van der Waals surface area contributed by atoms with E-state index < -0.39 is 78.2 Å². The third-order valence-electron chi connectivity index (χ3n) is 13.4. The first-order valence-corrected chi connectivity index (χ1v) is 33.8. The van der Waals surface area contributed by atoms with Crippen LogP contribution in [0, 0.1) is 16.2 Å². The number of hydrogen-bond donors (Lipinski definition) is 0. The van der Waals surface area contributed by atoms with Crippen LogP contribution in [0.4, 0.5) is 0 Å². The Bertz CT molecular complexity index is 1510. The van der Waals surface area contributed by atoms with Crippen molar-refractivity contribution in [2.24, 2.45) is 16.2 Å². The van der Waals surface area contributed by atoms with E-state index in [1.54, 1.807) is 0 Å². The maximum Gasteiger partial charge on any atom is 1.00 e. The fourth-order valence-electron chi connectivity index (χ4n) is 9.03. The molecule has 0 saturated heterocycles. The van der Waals surface area contributed by atoms with E-state index in [1.807, 2.05) is 0 Å². The van der Waals surface area contributed by atoms with E-state index in [-0.39, 0.29) is 142 Å². The summed E-state index contributed by atoms with van der Waals surface area (Å²) in [6.07, 6.45) is 29.8. The van der Waals surface area contributed by atoms with Crippen molar-refractivity contribution in [2.45, 2.75) is 227 Å². The molecule has 0 aliphatic heterocycles. The molecule has 0 radical (unpaired) electrons. The van der Waals surface area contributed by atoms with Gasteiger partial charge < -0.3 is 46.8 Å². The fraction of sp³-hybridized carbons (Fsp3) is 1.00. The number of rotatable bonds is 60. The van der Waals surface area contributed by atoms with Crippen molar-refractivity contribution in [2.75, 3.05) is 111 Å². The minimum absolute atomic E-state index is 0. The zero-order valence-electron chi connectivity index (χ0n) is 50.9. The maximum atomic E-state index is 12.7. The Kier molecular flexibility index (Phi) is 62.3. The zero-order chi connectivity index (χ0) is 55.9. The molecule has 0 aromatic rings. The molecule has 23 heteroatoms. The Morgan fingerprint density at radius 2 is 0.462 bits per heavy atom. The van der Waals surface area contributed by atoms with E-state index in [9.17, 15) is 38.9 Å². The minimum atomic E-state index is -5.30. The molecule has 0 aliphatic carbocycles. The average molecular weight is 1210 g/mol. The Labute approximate surface area is 544 Å². The predicted molar refractivity (Wildman–Crippen MR) is 295 cm³/mol. The molecule has 0 amide bonds. The van der Waals surface area contributed by atoms with Crippen LogP contribution in [0.1, 0.15) is 227 Å². The first kappa shape index (κ1) is 86.8. The molecule has 452 valence electrons. The average Bonchev–Trinajstić information content (AvgIpc) is 3.33. The first-order valence-electron chi connectivity index (χ1n) is 29.4. The van der Waals surface area contributed by atoms with Crippen LogP contribution < -0.4 is 88.7 Å². The molecular weight excluding hydrogens is 1100 g/mol. The van der Waals surface area contributed by atoms with Gasteiger partial charge in [-0.2, -0.15) is 0 Å². The molecule has 0 aromatic heterocycles. The van der Waals surface area contributed by atoms with E-state index in [0.29, 0.717) is 32.8 Å². The standard InChI is InChI=1S/C55H112O17S3.3Na/c1-6-11-16-21-26-31-36-65-41-53(50-72-75(62,63)64,42-70-48-54(51-73(56,57)58,44-66-37-32-27-22-17-12-7-2)45-67-38-33-28-23-18-13-8-3)43-71-49-55(52-74(59,60)61,46-68-39-34-29-24-19-14-9-4)47-69-40-35-30-25-20-15-10-5;;;/h6-52H2,1-5H3,(H,56,57,58)(H,59,60,61)(H,62,63,64);;;/q;3*+1/p-3. The molecule has 0 rings (SSSR count). The molecule has 0 spiro atoms. The van der Waals surface area contributed by atoms with Gasteiger partial charge in [-0.05, 0) is 32.1 Å². The first-order chi connectivity index (χ1) is 35.8. The van der Waals surface area contributed by atoms with Crippen molar-refractivity contribution in [3.63, 3.8) is 0 Å². The number of ether oxygens (including phenoxy) is 7. The zero-order valence-corrected chi connectivity index (χ0v) is 59.3. The van der Waals surface area contributed by atoms with Gasteiger partial charge in [0.15, 0.2) is 0 Å². The van der Waals surface area contributed by atoms with Crippen molar-refractivity contribution < 1.29 is 165 Å². The largest absolute Gasteiger partial charge is 1.00 e. The Morgan fingerprint density at radius 1 is 0.269 bits per heavy atom. The van der Waals surface area contributed by atoms with Crippen molar-refractivity contribution in [3.05, 3.63) is 0 Å². The monoisotopic (exact) mass is 1210 g/mol. The maximum absolute atomic E-state index is 12.7. The van der Waals surface area contributed by atoms with E-state index in [1.165, 1.54) is 0 Å². The summed E-state index contributed by atoms with van der Waals surface area (Å²) in [6.45, 7) is 8.78. The topological polar surface area (TPSA) is 245 Å². The van der Waals surface area contributed by atoms with Crippen LogP contribution in [0.3, 0.4) is 0 Å². The predicted octanol–water partition coefficient (Wildman–Crippen LogP) is 2.44. The van der Waals surface area contributed by atoms with Gasteiger partial charge in [0, 0.05) is 33.0 Å². The third-order valence-corrected chi connectivity index (χ3v) is 15.7. The Balaban J connectivity index is -0.00000913. The second-order valence-corrected chi connectivity index (χ2v) is 25.5. The molecule has 78 heavy (non-hydrogen) atoms. The second-order valence-electron chi connectivity index (χ2n) is 21.7. The molecule has 0 N–H and O–H groups in total. The summed E-state index contributed by atoms with van der Waals surface area (Å²) in [4.78, 5) is 0. The van der Waals surface area contributed by atoms with Gasteiger partial charge in [0.2, 0.25) is 10.4 Å². The minimum Gasteiger partial charge on any atom is -0.748 e. The molecule has 0 aliphatic rings. The summed E-state index contributed by atoms with van der Waals surface area (Å²) in [6, 6.07) is 0. The van der Waals surface area contributed by atoms with Crippen LogP contribution in [-0.2, 0) is 68.0 Å². The third kappa shape index (κ3) is 55.0. The number of unbranched alkanes of at least 4 members (excludes halogenated alkanes) is 25. The summed E-state index contributed by atoms with van der Waals surface area (Å²) in [5, 5.41) is 0. The van der Waals surface area contributed by atoms with E-state index in [0.717, 1.165) is 186 Å². The molecule has 0 unspecified atom stereocenters. The van der Waals surface area contributed by atoms with Gasteiger partial charge in [0.1, 0.15) is 0 Å². The fourth-order valence-corrected chi connectivity index (χ4v) is 11.4. The molecule has 0 aromatic carbocycles. The molecule has 0 fully saturated rings. The van der Waals surface area contributed by atoms with E-state index in [2.05, 4.69) is 34.6 Å². The van der Waals surface area contributed by atoms with Gasteiger partial charge in [0.25, 0.3) is 0 Å². The van der Waals surface area contributed by atoms with Gasteiger partial charge in [-0.3, -0.25) is 4.18 Å². The summed E-state index contributed by atoms with van der Waals surface area (Å²) in [7, 11) is -15.1. The van der Waals surface area contributed by atoms with Gasteiger partial charge >= 0.3 is 88.7 Å². The van der Waals surface area contributed by atoms with Gasteiger partial charge in [-0.15, -0.1) is 0 Å². The van der Waals surface area contributed by atoms with Gasteiger partial charge in [-0.1, -0.05) is 195 Å². The Morgan fingerprint density at radius 3 is 0.679 bits per heavy atom. The summed E-state index contributed by atoms with van der Waals surface area (Å²) >= 11 is 0. The van der Waals surface area contributed by atoms with Crippen molar-refractivity contribution in [1.82, 2.24) is 0 Å². The van der Waals surface area contributed by atoms with Crippen LogP contribution in [0.15, 0.2) is 0 Å². The number of hydrogen-bond acceptors (Lipinski definition) is 17. The normalized spacial score (nSPS) is 12.6. The Hall–Kier alpha value is 2.41. The van der Waals surface area contributed by atoms with Crippen molar-refractivity contribution in [3.8, 4) is 0 Å².